The van der Waals surface area contributed by atoms with Crippen molar-refractivity contribution in [3.63, 3.8) is 0 Å². The van der Waals surface area contributed by atoms with Gasteiger partial charge in [-0.1, -0.05) is 49.0 Å². The Labute approximate surface area is 108 Å². The zero-order chi connectivity index (χ0) is 12.0. The molecular formula is C13H19Cl2N. The number of unbranched alkanes of at least 4 members (excludes halogenated alkanes) is 1. The molecule has 0 spiro atoms. The van der Waals surface area contributed by atoms with Crippen LogP contribution >= 0.6 is 23.2 Å². The fourth-order valence-corrected chi connectivity index (χ4v) is 2.12. The molecule has 0 radical (unpaired) electrons. The first kappa shape index (κ1) is 13.8. The number of nitrogens with one attached hydrogen (secondary N) is 1. The lowest BCUT2D eigenvalue weighted by Crippen LogP contribution is -2.25. The molecule has 3 heteroatoms. The number of hydrogen-bond donors (Lipinski definition) is 1. The Bertz CT molecular complexity index is 305. The topological polar surface area (TPSA) is 12.0 Å². The van der Waals surface area contributed by atoms with Gasteiger partial charge in [0.25, 0.3) is 0 Å². The Morgan fingerprint density at radius 2 is 1.88 bits per heavy atom. The van der Waals surface area contributed by atoms with E-state index in [0.29, 0.717) is 6.04 Å². The fraction of sp³-hybridized carbons (Fsp3) is 0.538. The van der Waals surface area contributed by atoms with Gasteiger partial charge in [-0.15, -0.1) is 0 Å². The maximum atomic E-state index is 6.09. The van der Waals surface area contributed by atoms with E-state index in [-0.39, 0.29) is 0 Å². The van der Waals surface area contributed by atoms with Crippen molar-refractivity contribution in [3.8, 4) is 0 Å². The van der Waals surface area contributed by atoms with Gasteiger partial charge in [0.1, 0.15) is 0 Å². The maximum absolute atomic E-state index is 6.09. The predicted octanol–water partition coefficient (Wildman–Crippen LogP) is 4.66. The van der Waals surface area contributed by atoms with E-state index < -0.39 is 0 Å². The molecule has 0 aromatic heterocycles. The molecule has 1 N–H and O–H groups in total. The highest BCUT2D eigenvalue weighted by atomic mass is 35.5. The molecule has 1 aromatic rings. The summed E-state index contributed by atoms with van der Waals surface area (Å²) in [5.74, 6) is 0. The lowest BCUT2D eigenvalue weighted by Gasteiger charge is -2.14. The van der Waals surface area contributed by atoms with Gasteiger partial charge in [0.2, 0.25) is 0 Å². The van der Waals surface area contributed by atoms with Crippen LogP contribution < -0.4 is 5.32 Å². The van der Waals surface area contributed by atoms with Crippen molar-refractivity contribution >= 4 is 23.2 Å². The van der Waals surface area contributed by atoms with Crippen LogP contribution in [0.1, 0.15) is 38.7 Å². The van der Waals surface area contributed by atoms with Gasteiger partial charge in [-0.25, -0.2) is 0 Å². The van der Waals surface area contributed by atoms with Gasteiger partial charge in [-0.05, 0) is 25.5 Å². The molecule has 16 heavy (non-hydrogen) atoms. The van der Waals surface area contributed by atoms with Crippen LogP contribution in [0.15, 0.2) is 18.2 Å². The number of benzene rings is 1. The van der Waals surface area contributed by atoms with Crippen LogP contribution in [-0.2, 0) is 6.54 Å². The minimum Gasteiger partial charge on any atom is -0.310 e. The van der Waals surface area contributed by atoms with E-state index in [0.717, 1.165) is 22.2 Å². The molecule has 0 aliphatic rings. The average Bonchev–Trinajstić information content (AvgIpc) is 2.25. The lowest BCUT2D eigenvalue weighted by molar-refractivity contribution is 0.495. The molecule has 0 aliphatic carbocycles. The van der Waals surface area contributed by atoms with E-state index >= 15 is 0 Å². The van der Waals surface area contributed by atoms with Gasteiger partial charge in [0, 0.05) is 28.2 Å². The molecule has 0 saturated heterocycles. The summed E-state index contributed by atoms with van der Waals surface area (Å²) < 4.78 is 0. The summed E-state index contributed by atoms with van der Waals surface area (Å²) in [6.45, 7) is 5.14. The normalized spacial score (nSPS) is 12.8. The monoisotopic (exact) mass is 259 g/mol. The molecule has 1 atom stereocenters. The maximum Gasteiger partial charge on any atom is 0.0465 e. The molecule has 0 bridgehead atoms. The lowest BCUT2D eigenvalue weighted by atomic mass is 10.1. The second-order valence-corrected chi connectivity index (χ2v) is 4.94. The highest BCUT2D eigenvalue weighted by Gasteiger charge is 2.06. The summed E-state index contributed by atoms with van der Waals surface area (Å²) in [5, 5.41) is 4.92. The SMILES string of the molecule is CCCCC(C)NCc1c(Cl)cccc1Cl. The highest BCUT2D eigenvalue weighted by molar-refractivity contribution is 6.35. The van der Waals surface area contributed by atoms with Crippen LogP contribution in [0.2, 0.25) is 10.0 Å². The molecule has 1 nitrogen and oxygen atoms in total. The Morgan fingerprint density at radius 3 is 2.44 bits per heavy atom. The standard InChI is InChI=1S/C13H19Cl2N/c1-3-4-6-10(2)16-9-11-12(14)7-5-8-13(11)15/h5,7-8,10,16H,3-4,6,9H2,1-2H3. The molecule has 1 rings (SSSR count). The summed E-state index contributed by atoms with van der Waals surface area (Å²) >= 11 is 12.2. The molecule has 90 valence electrons. The molecule has 0 saturated carbocycles. The summed E-state index contributed by atoms with van der Waals surface area (Å²) in [5.41, 5.74) is 0.995. The van der Waals surface area contributed by atoms with E-state index in [1.54, 1.807) is 0 Å². The van der Waals surface area contributed by atoms with Crippen molar-refractivity contribution in [1.82, 2.24) is 5.32 Å². The van der Waals surface area contributed by atoms with Crippen molar-refractivity contribution in [2.24, 2.45) is 0 Å². The van der Waals surface area contributed by atoms with Crippen molar-refractivity contribution in [2.45, 2.75) is 45.7 Å². The smallest absolute Gasteiger partial charge is 0.0465 e. The van der Waals surface area contributed by atoms with Crippen LogP contribution in [-0.4, -0.2) is 6.04 Å². The molecule has 1 aromatic carbocycles. The largest absolute Gasteiger partial charge is 0.310 e. The van der Waals surface area contributed by atoms with Crippen LogP contribution in [0.5, 0.6) is 0 Å². The Morgan fingerprint density at radius 1 is 1.25 bits per heavy atom. The Balaban J connectivity index is 2.48. The van der Waals surface area contributed by atoms with Gasteiger partial charge in [0.05, 0.1) is 0 Å². The zero-order valence-electron chi connectivity index (χ0n) is 9.89. The van der Waals surface area contributed by atoms with Crippen molar-refractivity contribution in [2.75, 3.05) is 0 Å². The first-order valence-electron chi connectivity index (χ1n) is 5.81. The highest BCUT2D eigenvalue weighted by Crippen LogP contribution is 2.24. The average molecular weight is 260 g/mol. The third-order valence-corrected chi connectivity index (χ3v) is 3.39. The van der Waals surface area contributed by atoms with Crippen LogP contribution in [0.3, 0.4) is 0 Å². The van der Waals surface area contributed by atoms with Gasteiger partial charge in [0.15, 0.2) is 0 Å². The van der Waals surface area contributed by atoms with E-state index in [1.807, 2.05) is 18.2 Å². The quantitative estimate of drug-likeness (QED) is 0.784. The predicted molar refractivity (Wildman–Crippen MR) is 72.3 cm³/mol. The first-order chi connectivity index (χ1) is 7.65. The minimum atomic E-state index is 0.507. The summed E-state index contributed by atoms with van der Waals surface area (Å²) in [4.78, 5) is 0. The molecule has 0 fully saturated rings. The van der Waals surface area contributed by atoms with Crippen LogP contribution in [0.4, 0.5) is 0 Å². The number of rotatable bonds is 6. The van der Waals surface area contributed by atoms with E-state index in [2.05, 4.69) is 19.2 Å². The fourth-order valence-electron chi connectivity index (χ4n) is 1.59. The molecule has 0 aliphatic heterocycles. The van der Waals surface area contributed by atoms with Crippen molar-refractivity contribution in [3.05, 3.63) is 33.8 Å². The van der Waals surface area contributed by atoms with E-state index in [4.69, 9.17) is 23.2 Å². The van der Waals surface area contributed by atoms with Crippen LogP contribution in [0.25, 0.3) is 0 Å². The molecular weight excluding hydrogens is 241 g/mol. The summed E-state index contributed by atoms with van der Waals surface area (Å²) in [6.07, 6.45) is 3.68. The summed E-state index contributed by atoms with van der Waals surface area (Å²) in [7, 11) is 0. The second-order valence-electron chi connectivity index (χ2n) is 4.12. The van der Waals surface area contributed by atoms with Gasteiger partial charge in [-0.3, -0.25) is 0 Å². The first-order valence-corrected chi connectivity index (χ1v) is 6.57. The van der Waals surface area contributed by atoms with Gasteiger partial charge < -0.3 is 5.32 Å². The van der Waals surface area contributed by atoms with Crippen molar-refractivity contribution < 1.29 is 0 Å². The molecule has 0 heterocycles. The third-order valence-electron chi connectivity index (χ3n) is 2.68. The zero-order valence-corrected chi connectivity index (χ0v) is 11.4. The van der Waals surface area contributed by atoms with Gasteiger partial charge in [-0.2, -0.15) is 0 Å². The molecule has 1 unspecified atom stereocenters. The third kappa shape index (κ3) is 4.32. The second kappa shape index (κ2) is 7.16. The van der Waals surface area contributed by atoms with Crippen LogP contribution in [0, 0.1) is 0 Å². The Hall–Kier alpha value is -0.240. The van der Waals surface area contributed by atoms with Crippen molar-refractivity contribution in [1.29, 1.82) is 0 Å². The number of halogens is 2. The van der Waals surface area contributed by atoms with E-state index in [9.17, 15) is 0 Å². The van der Waals surface area contributed by atoms with E-state index in [1.165, 1.54) is 19.3 Å². The minimum absolute atomic E-state index is 0.507. The van der Waals surface area contributed by atoms with Gasteiger partial charge >= 0.3 is 0 Å². The molecule has 0 amide bonds. The number of hydrogen-bond acceptors (Lipinski definition) is 1. The summed E-state index contributed by atoms with van der Waals surface area (Å²) in [6, 6.07) is 6.13. The Kier molecular flexibility index (Phi) is 6.18.